The number of nitrogens with zero attached hydrogens (tertiary/aromatic N) is 2. The minimum atomic E-state index is 0.709. The Labute approximate surface area is 201 Å². The molecule has 0 radical (unpaired) electrons. The molecule has 0 aliphatic rings. The zero-order chi connectivity index (χ0) is 23.0. The first kappa shape index (κ1) is 21.5. The van der Waals surface area contributed by atoms with Gasteiger partial charge in [0.15, 0.2) is 0 Å². The highest BCUT2D eigenvalue weighted by Gasteiger charge is 2.12. The predicted octanol–water partition coefficient (Wildman–Crippen LogP) is 8.00. The van der Waals surface area contributed by atoms with Crippen molar-refractivity contribution in [3.05, 3.63) is 151 Å². The van der Waals surface area contributed by atoms with E-state index in [1.165, 1.54) is 5.56 Å². The van der Waals surface area contributed by atoms with E-state index in [0.717, 1.165) is 28.4 Å². The van der Waals surface area contributed by atoms with Gasteiger partial charge in [0.1, 0.15) is 0 Å². The van der Waals surface area contributed by atoms with Crippen molar-refractivity contribution in [2.45, 2.75) is 6.54 Å². The van der Waals surface area contributed by atoms with Crippen LogP contribution in [0.3, 0.4) is 0 Å². The summed E-state index contributed by atoms with van der Waals surface area (Å²) in [6.07, 6.45) is 0. The number of para-hydroxylation sites is 4. The molecule has 3 nitrogen and oxygen atoms in total. The van der Waals surface area contributed by atoms with Gasteiger partial charge in [-0.1, -0.05) is 84.9 Å². The molecule has 0 aromatic heterocycles. The first-order valence-electron chi connectivity index (χ1n) is 11.5. The molecule has 0 amide bonds. The molecular weight excluding hydrogens is 414 g/mol. The lowest BCUT2D eigenvalue weighted by atomic mass is 10.1. The van der Waals surface area contributed by atoms with Crippen molar-refractivity contribution < 1.29 is 0 Å². The van der Waals surface area contributed by atoms with Crippen LogP contribution in [0.4, 0.5) is 28.4 Å². The maximum Gasteiger partial charge on any atom is 0.0577 e. The fourth-order valence-corrected chi connectivity index (χ4v) is 4.02. The number of hydrogen-bond acceptors (Lipinski definition) is 3. The summed E-state index contributed by atoms with van der Waals surface area (Å²) >= 11 is 0. The van der Waals surface area contributed by atoms with Crippen LogP contribution in [0.25, 0.3) is 0 Å². The van der Waals surface area contributed by atoms with Crippen molar-refractivity contribution in [3.8, 4) is 0 Å². The van der Waals surface area contributed by atoms with Crippen LogP contribution in [0.15, 0.2) is 146 Å². The van der Waals surface area contributed by atoms with E-state index in [1.54, 1.807) is 0 Å². The Morgan fingerprint density at radius 1 is 0.382 bits per heavy atom. The molecule has 0 saturated carbocycles. The number of benzene rings is 5. The summed E-state index contributed by atoms with van der Waals surface area (Å²) in [6.45, 7) is 0.709. The lowest BCUT2D eigenvalue weighted by Gasteiger charge is -2.27. The van der Waals surface area contributed by atoms with Crippen LogP contribution < -0.4 is 15.3 Å². The molecule has 1 N–H and O–H groups in total. The molecule has 5 aromatic carbocycles. The highest BCUT2D eigenvalue weighted by Crippen LogP contribution is 2.34. The van der Waals surface area contributed by atoms with Gasteiger partial charge < -0.3 is 4.90 Å². The molecular formula is C31H27N3. The Hall–Kier alpha value is -4.34. The van der Waals surface area contributed by atoms with E-state index in [2.05, 4.69) is 137 Å². The summed E-state index contributed by atoms with van der Waals surface area (Å²) in [5.41, 5.74) is 10.4. The number of nitrogens with one attached hydrogen (secondary N) is 1. The quantitative estimate of drug-likeness (QED) is 0.246. The molecule has 0 saturated heterocycles. The van der Waals surface area contributed by atoms with Gasteiger partial charge in [-0.15, -0.1) is 0 Å². The molecule has 0 aliphatic heterocycles. The predicted molar refractivity (Wildman–Crippen MR) is 143 cm³/mol. The number of hydrogen-bond donors (Lipinski definition) is 1. The minimum Gasteiger partial charge on any atom is -0.311 e. The smallest absolute Gasteiger partial charge is 0.0577 e. The zero-order valence-corrected chi connectivity index (χ0v) is 19.0. The van der Waals surface area contributed by atoms with E-state index in [4.69, 9.17) is 0 Å². The van der Waals surface area contributed by atoms with E-state index in [9.17, 15) is 0 Å². The second-order valence-corrected chi connectivity index (χ2v) is 8.01. The van der Waals surface area contributed by atoms with Crippen LogP contribution in [-0.2, 0) is 6.54 Å². The van der Waals surface area contributed by atoms with E-state index in [1.807, 2.05) is 24.3 Å². The van der Waals surface area contributed by atoms with Crippen LogP contribution in [0.2, 0.25) is 0 Å². The Balaban J connectivity index is 1.38. The van der Waals surface area contributed by atoms with Gasteiger partial charge in [0.25, 0.3) is 0 Å². The van der Waals surface area contributed by atoms with Gasteiger partial charge in [-0.25, -0.2) is 5.43 Å². The summed E-state index contributed by atoms with van der Waals surface area (Å²) < 4.78 is 0. The van der Waals surface area contributed by atoms with Crippen molar-refractivity contribution in [2.75, 3.05) is 9.91 Å². The van der Waals surface area contributed by atoms with Crippen LogP contribution in [0.5, 0.6) is 0 Å². The topological polar surface area (TPSA) is 18.5 Å². The molecule has 0 spiro atoms. The zero-order valence-electron chi connectivity index (χ0n) is 19.0. The molecule has 34 heavy (non-hydrogen) atoms. The molecule has 3 heteroatoms. The average Bonchev–Trinajstić information content (AvgIpc) is 2.92. The molecule has 5 aromatic rings. The second kappa shape index (κ2) is 10.5. The summed E-state index contributed by atoms with van der Waals surface area (Å²) in [4.78, 5) is 2.28. The third kappa shape index (κ3) is 5.01. The molecule has 5 rings (SSSR count). The van der Waals surface area contributed by atoms with Gasteiger partial charge in [0.05, 0.1) is 11.4 Å². The maximum absolute atomic E-state index is 3.60. The average molecular weight is 442 g/mol. The number of anilines is 5. The number of rotatable bonds is 8. The van der Waals surface area contributed by atoms with Gasteiger partial charge in [0.2, 0.25) is 0 Å². The largest absolute Gasteiger partial charge is 0.311 e. The summed E-state index contributed by atoms with van der Waals surface area (Å²) in [5, 5.41) is 2.13. The summed E-state index contributed by atoms with van der Waals surface area (Å²) in [7, 11) is 0. The second-order valence-electron chi connectivity index (χ2n) is 8.01. The minimum absolute atomic E-state index is 0.709. The Morgan fingerprint density at radius 3 is 1.15 bits per heavy atom. The molecule has 0 unspecified atom stereocenters. The fourth-order valence-electron chi connectivity index (χ4n) is 4.02. The van der Waals surface area contributed by atoms with E-state index in [-0.39, 0.29) is 0 Å². The van der Waals surface area contributed by atoms with E-state index in [0.29, 0.717) is 6.54 Å². The van der Waals surface area contributed by atoms with Crippen LogP contribution in [0.1, 0.15) is 5.56 Å². The van der Waals surface area contributed by atoms with Crippen molar-refractivity contribution in [3.63, 3.8) is 0 Å². The Kier molecular flexibility index (Phi) is 6.65. The van der Waals surface area contributed by atoms with Crippen molar-refractivity contribution >= 4 is 28.4 Å². The third-order valence-corrected chi connectivity index (χ3v) is 5.69. The van der Waals surface area contributed by atoms with Crippen molar-refractivity contribution in [1.82, 2.24) is 5.43 Å². The third-order valence-electron chi connectivity index (χ3n) is 5.69. The van der Waals surface area contributed by atoms with Crippen LogP contribution in [-0.4, -0.2) is 0 Å². The fraction of sp³-hybridized carbons (Fsp3) is 0.0323. The molecule has 166 valence electrons. The number of hydrazine groups is 1. The van der Waals surface area contributed by atoms with Crippen molar-refractivity contribution in [1.29, 1.82) is 0 Å². The molecule has 0 aliphatic carbocycles. The SMILES string of the molecule is c1ccc(N(NCc2ccc(N(c3ccccc3)c3ccccc3)cc2)c2ccccc2)cc1. The standard InChI is InChI=1S/C31H27N3/c1-5-13-27(14-6-1)33(28-15-7-2-8-16-28)29-23-21-26(22-24-29)25-32-34(30-17-9-3-10-18-30)31-19-11-4-12-20-31/h1-24,32H,25H2. The highest BCUT2D eigenvalue weighted by atomic mass is 15.5. The van der Waals surface area contributed by atoms with E-state index < -0.39 is 0 Å². The Morgan fingerprint density at radius 2 is 0.735 bits per heavy atom. The molecule has 0 heterocycles. The van der Waals surface area contributed by atoms with Gasteiger partial charge in [0, 0.05) is 23.6 Å². The summed E-state index contributed by atoms with van der Waals surface area (Å²) in [5.74, 6) is 0. The van der Waals surface area contributed by atoms with Gasteiger partial charge >= 0.3 is 0 Å². The van der Waals surface area contributed by atoms with Crippen molar-refractivity contribution in [2.24, 2.45) is 0 Å². The first-order valence-corrected chi connectivity index (χ1v) is 11.5. The van der Waals surface area contributed by atoms with Gasteiger partial charge in [-0.05, 0) is 66.2 Å². The lowest BCUT2D eigenvalue weighted by molar-refractivity contribution is 0.707. The molecule has 0 bridgehead atoms. The normalized spacial score (nSPS) is 10.6. The lowest BCUT2D eigenvalue weighted by Crippen LogP contribution is -2.33. The molecule has 0 fully saturated rings. The first-order chi connectivity index (χ1) is 16.9. The monoisotopic (exact) mass is 441 g/mol. The molecule has 0 atom stereocenters. The van der Waals surface area contributed by atoms with Crippen LogP contribution >= 0.6 is 0 Å². The van der Waals surface area contributed by atoms with E-state index >= 15 is 0 Å². The van der Waals surface area contributed by atoms with Crippen LogP contribution in [0, 0.1) is 0 Å². The van der Waals surface area contributed by atoms with Gasteiger partial charge in [-0.2, -0.15) is 0 Å². The Bertz CT molecular complexity index is 1190. The maximum atomic E-state index is 3.60. The summed E-state index contributed by atoms with van der Waals surface area (Å²) in [6, 6.07) is 50.5. The van der Waals surface area contributed by atoms with Gasteiger partial charge in [-0.3, -0.25) is 5.01 Å². The highest BCUT2D eigenvalue weighted by molar-refractivity contribution is 5.76.